The van der Waals surface area contributed by atoms with Crippen molar-refractivity contribution in [2.24, 2.45) is 0 Å². The fourth-order valence-electron chi connectivity index (χ4n) is 2.62. The molecule has 1 N–H and O–H groups in total. The Bertz CT molecular complexity index is 774. The Morgan fingerprint density at radius 3 is 2.85 bits per heavy atom. The maximum Gasteiger partial charge on any atom is 0.328 e. The van der Waals surface area contributed by atoms with Crippen LogP contribution in [0.1, 0.15) is 23.8 Å². The first-order chi connectivity index (χ1) is 12.6. The number of aromatic nitrogens is 1. The van der Waals surface area contributed by atoms with E-state index in [1.165, 1.54) is 16.2 Å². The van der Waals surface area contributed by atoms with Crippen molar-refractivity contribution in [3.63, 3.8) is 0 Å². The lowest BCUT2D eigenvalue weighted by Gasteiger charge is -2.32. The van der Waals surface area contributed by atoms with Crippen LogP contribution in [0, 0.1) is 0 Å². The lowest BCUT2D eigenvalue weighted by Crippen LogP contribution is -2.52. The van der Waals surface area contributed by atoms with E-state index < -0.39 is 12.0 Å². The van der Waals surface area contributed by atoms with Gasteiger partial charge in [-0.1, -0.05) is 6.92 Å². The van der Waals surface area contributed by atoms with E-state index in [2.05, 4.69) is 4.98 Å². The molecule has 1 amide bonds. The highest BCUT2D eigenvalue weighted by molar-refractivity contribution is 7.13. The zero-order valence-corrected chi connectivity index (χ0v) is 15.2. The van der Waals surface area contributed by atoms with Crippen LogP contribution in [0.2, 0.25) is 0 Å². The molecule has 1 aliphatic heterocycles. The normalized spacial score (nSPS) is 17.1. The number of hydrogen-bond acceptors (Lipinski definition) is 6. The molecule has 8 heteroatoms. The molecule has 0 radical (unpaired) electrons. The van der Waals surface area contributed by atoms with Gasteiger partial charge in [0.1, 0.15) is 16.5 Å². The number of amides is 1. The molecule has 1 aromatic carbocycles. The number of carboxylic acid groups (broad SMARTS) is 1. The first-order valence-electron chi connectivity index (χ1n) is 8.40. The standard InChI is InChI=1S/C18H20N2O5S/c1-2-8-25-13-5-3-12(4-6-13)16-19-14(11-26-16)17(21)20-7-9-24-10-15(20)18(22)23/h3-6,11,15H,2,7-10H2,1H3,(H,22,23)/t15-/m1/s1. The molecule has 26 heavy (non-hydrogen) atoms. The van der Waals surface area contributed by atoms with E-state index in [0.29, 0.717) is 18.2 Å². The van der Waals surface area contributed by atoms with Crippen molar-refractivity contribution < 1.29 is 24.2 Å². The second-order valence-electron chi connectivity index (χ2n) is 5.84. The van der Waals surface area contributed by atoms with Crippen molar-refractivity contribution in [3.05, 3.63) is 35.3 Å². The summed E-state index contributed by atoms with van der Waals surface area (Å²) >= 11 is 1.35. The largest absolute Gasteiger partial charge is 0.494 e. The van der Waals surface area contributed by atoms with Crippen molar-refractivity contribution in [3.8, 4) is 16.3 Å². The molecule has 1 aliphatic rings. The number of nitrogens with zero attached hydrogens (tertiary/aromatic N) is 2. The molecule has 0 bridgehead atoms. The van der Waals surface area contributed by atoms with Crippen LogP contribution >= 0.6 is 11.3 Å². The molecular weight excluding hydrogens is 356 g/mol. The van der Waals surface area contributed by atoms with Crippen molar-refractivity contribution in [2.75, 3.05) is 26.4 Å². The van der Waals surface area contributed by atoms with Gasteiger partial charge in [0.2, 0.25) is 0 Å². The maximum absolute atomic E-state index is 12.7. The second-order valence-corrected chi connectivity index (χ2v) is 6.70. The van der Waals surface area contributed by atoms with E-state index in [4.69, 9.17) is 9.47 Å². The Morgan fingerprint density at radius 1 is 1.38 bits per heavy atom. The Morgan fingerprint density at radius 2 is 2.15 bits per heavy atom. The van der Waals surface area contributed by atoms with Crippen molar-refractivity contribution in [2.45, 2.75) is 19.4 Å². The summed E-state index contributed by atoms with van der Waals surface area (Å²) in [5.74, 6) is -0.664. The summed E-state index contributed by atoms with van der Waals surface area (Å²) in [5.41, 5.74) is 1.14. The highest BCUT2D eigenvalue weighted by Crippen LogP contribution is 2.26. The first-order valence-corrected chi connectivity index (χ1v) is 9.28. The highest BCUT2D eigenvalue weighted by atomic mass is 32.1. The molecule has 3 rings (SSSR count). The van der Waals surface area contributed by atoms with E-state index in [0.717, 1.165) is 17.7 Å². The molecule has 0 unspecified atom stereocenters. The molecule has 2 heterocycles. The van der Waals surface area contributed by atoms with E-state index in [-0.39, 0.29) is 24.8 Å². The summed E-state index contributed by atoms with van der Waals surface area (Å²) in [6.07, 6.45) is 0.943. The number of carboxylic acids is 1. The van der Waals surface area contributed by atoms with Crippen LogP contribution in [-0.2, 0) is 9.53 Å². The molecule has 1 aromatic heterocycles. The lowest BCUT2D eigenvalue weighted by atomic mass is 10.2. The Hall–Kier alpha value is -2.45. The summed E-state index contributed by atoms with van der Waals surface area (Å²) in [4.78, 5) is 29.7. The number of aliphatic carboxylic acids is 1. The van der Waals surface area contributed by atoms with Crippen LogP contribution < -0.4 is 4.74 Å². The molecule has 138 valence electrons. The van der Waals surface area contributed by atoms with Gasteiger partial charge in [0.15, 0.2) is 6.04 Å². The van der Waals surface area contributed by atoms with Crippen LogP contribution in [0.25, 0.3) is 10.6 Å². The van der Waals surface area contributed by atoms with Gasteiger partial charge in [0, 0.05) is 17.5 Å². The van der Waals surface area contributed by atoms with Crippen molar-refractivity contribution in [1.29, 1.82) is 0 Å². The van der Waals surface area contributed by atoms with Crippen LogP contribution in [-0.4, -0.2) is 59.3 Å². The molecule has 1 saturated heterocycles. The first kappa shape index (κ1) is 18.3. The average molecular weight is 376 g/mol. The number of rotatable bonds is 6. The minimum absolute atomic E-state index is 0.00269. The fourth-order valence-corrected chi connectivity index (χ4v) is 3.42. The SMILES string of the molecule is CCCOc1ccc(-c2nc(C(=O)N3CCOC[C@@H]3C(=O)O)cs2)cc1. The molecule has 2 aromatic rings. The van der Waals surface area contributed by atoms with Gasteiger partial charge in [-0.3, -0.25) is 4.79 Å². The van der Waals surface area contributed by atoms with Crippen LogP contribution in [0.3, 0.4) is 0 Å². The zero-order chi connectivity index (χ0) is 18.5. The van der Waals surface area contributed by atoms with Gasteiger partial charge in [-0.25, -0.2) is 9.78 Å². The average Bonchev–Trinajstić information content (AvgIpc) is 3.16. The summed E-state index contributed by atoms with van der Waals surface area (Å²) in [6.45, 7) is 3.28. The number of hydrogen-bond donors (Lipinski definition) is 1. The molecule has 0 spiro atoms. The zero-order valence-electron chi connectivity index (χ0n) is 14.4. The van der Waals surface area contributed by atoms with Gasteiger partial charge < -0.3 is 19.5 Å². The lowest BCUT2D eigenvalue weighted by molar-refractivity contribution is -0.147. The quantitative estimate of drug-likeness (QED) is 0.833. The number of benzene rings is 1. The van der Waals surface area contributed by atoms with E-state index in [1.807, 2.05) is 31.2 Å². The third kappa shape index (κ3) is 4.03. The third-order valence-electron chi connectivity index (χ3n) is 3.97. The smallest absolute Gasteiger partial charge is 0.328 e. The minimum Gasteiger partial charge on any atom is -0.494 e. The van der Waals surface area contributed by atoms with E-state index in [1.54, 1.807) is 5.38 Å². The molecule has 1 atom stereocenters. The number of morpholine rings is 1. The highest BCUT2D eigenvalue weighted by Gasteiger charge is 2.34. The summed E-state index contributed by atoms with van der Waals surface area (Å²) < 4.78 is 10.7. The van der Waals surface area contributed by atoms with Gasteiger partial charge in [0.25, 0.3) is 5.91 Å². The van der Waals surface area contributed by atoms with Crippen LogP contribution in [0.15, 0.2) is 29.6 Å². The van der Waals surface area contributed by atoms with Crippen molar-refractivity contribution in [1.82, 2.24) is 9.88 Å². The van der Waals surface area contributed by atoms with Gasteiger partial charge in [-0.2, -0.15) is 0 Å². The maximum atomic E-state index is 12.7. The van der Waals surface area contributed by atoms with Gasteiger partial charge in [-0.15, -0.1) is 11.3 Å². The molecular formula is C18H20N2O5S. The Labute approximate surface area is 155 Å². The van der Waals surface area contributed by atoms with Crippen molar-refractivity contribution >= 4 is 23.2 Å². The Kier molecular flexibility index (Phi) is 5.85. The molecule has 1 fully saturated rings. The number of carbonyl (C=O) groups excluding carboxylic acids is 1. The van der Waals surface area contributed by atoms with E-state index in [9.17, 15) is 14.7 Å². The molecule has 0 saturated carbocycles. The number of carbonyl (C=O) groups is 2. The van der Waals surface area contributed by atoms with E-state index >= 15 is 0 Å². The predicted octanol–water partition coefficient (Wildman–Crippen LogP) is 2.52. The predicted molar refractivity (Wildman–Crippen MR) is 96.6 cm³/mol. The third-order valence-corrected chi connectivity index (χ3v) is 4.86. The molecule has 0 aliphatic carbocycles. The topological polar surface area (TPSA) is 89.0 Å². The summed E-state index contributed by atoms with van der Waals surface area (Å²) in [6, 6.07) is 6.56. The summed E-state index contributed by atoms with van der Waals surface area (Å²) in [5, 5.41) is 11.6. The fraction of sp³-hybridized carbons (Fsp3) is 0.389. The van der Waals surface area contributed by atoms with Crippen LogP contribution in [0.4, 0.5) is 0 Å². The number of ether oxygens (including phenoxy) is 2. The minimum atomic E-state index is -1.07. The summed E-state index contributed by atoms with van der Waals surface area (Å²) in [7, 11) is 0. The number of thiazole rings is 1. The van der Waals surface area contributed by atoms with Gasteiger partial charge in [-0.05, 0) is 30.7 Å². The van der Waals surface area contributed by atoms with Gasteiger partial charge in [0.05, 0.1) is 19.8 Å². The molecule has 7 nitrogen and oxygen atoms in total. The Balaban J connectivity index is 1.74. The van der Waals surface area contributed by atoms with Gasteiger partial charge >= 0.3 is 5.97 Å². The van der Waals surface area contributed by atoms with Crippen LogP contribution in [0.5, 0.6) is 5.75 Å². The monoisotopic (exact) mass is 376 g/mol. The second kappa shape index (κ2) is 8.29.